The monoisotopic (exact) mass is 402 g/mol. The van der Waals surface area contributed by atoms with Crippen molar-refractivity contribution >= 4 is 27.8 Å². The van der Waals surface area contributed by atoms with Gasteiger partial charge in [-0.2, -0.15) is 0 Å². The molecular formula is C24H26N4O2. The molecule has 0 aliphatic rings. The summed E-state index contributed by atoms with van der Waals surface area (Å²) in [6.45, 7) is 8.25. The molecule has 30 heavy (non-hydrogen) atoms. The fourth-order valence-corrected chi connectivity index (χ4v) is 3.82. The van der Waals surface area contributed by atoms with Gasteiger partial charge in [0.25, 0.3) is 5.56 Å². The summed E-state index contributed by atoms with van der Waals surface area (Å²) in [6, 6.07) is 10.2. The Morgan fingerprint density at radius 1 is 1.10 bits per heavy atom. The number of aromatic nitrogens is 3. The Kier molecular flexibility index (Phi) is 5.16. The van der Waals surface area contributed by atoms with Crippen molar-refractivity contribution in [1.82, 2.24) is 19.9 Å². The lowest BCUT2D eigenvalue weighted by Gasteiger charge is -2.13. The van der Waals surface area contributed by atoms with Crippen molar-refractivity contribution in [2.75, 3.05) is 6.54 Å². The van der Waals surface area contributed by atoms with Gasteiger partial charge in [-0.3, -0.25) is 14.2 Å². The number of benzene rings is 2. The molecule has 0 aliphatic heterocycles. The minimum Gasteiger partial charge on any atom is -0.361 e. The second-order valence-corrected chi connectivity index (χ2v) is 7.98. The van der Waals surface area contributed by atoms with E-state index >= 15 is 0 Å². The molecule has 0 bridgehead atoms. The number of carbonyl (C=O) groups is 1. The third kappa shape index (κ3) is 3.73. The van der Waals surface area contributed by atoms with E-state index in [0.29, 0.717) is 17.8 Å². The number of carbonyl (C=O) groups excluding carboxylic acids is 1. The fourth-order valence-electron chi connectivity index (χ4n) is 3.82. The Hall–Kier alpha value is -3.41. The number of rotatable bonds is 5. The van der Waals surface area contributed by atoms with Crippen molar-refractivity contribution in [3.8, 4) is 0 Å². The Morgan fingerprint density at radius 2 is 1.87 bits per heavy atom. The highest BCUT2D eigenvalue weighted by Crippen LogP contribution is 2.20. The van der Waals surface area contributed by atoms with Gasteiger partial charge >= 0.3 is 0 Å². The van der Waals surface area contributed by atoms with Crippen LogP contribution in [-0.2, 0) is 17.8 Å². The zero-order chi connectivity index (χ0) is 21.4. The molecule has 0 unspecified atom stereocenters. The molecule has 2 N–H and O–H groups in total. The first kappa shape index (κ1) is 19.9. The van der Waals surface area contributed by atoms with Crippen LogP contribution in [0.2, 0.25) is 0 Å². The lowest BCUT2D eigenvalue weighted by atomic mass is 10.1. The van der Waals surface area contributed by atoms with Gasteiger partial charge in [0.05, 0.1) is 11.0 Å². The van der Waals surface area contributed by atoms with Gasteiger partial charge in [0, 0.05) is 23.6 Å². The molecule has 2 aromatic carbocycles. The summed E-state index contributed by atoms with van der Waals surface area (Å²) in [5.74, 6) is -0.182. The number of nitrogens with one attached hydrogen (secondary N) is 2. The number of amides is 1. The van der Waals surface area contributed by atoms with E-state index < -0.39 is 0 Å². The quantitative estimate of drug-likeness (QED) is 0.536. The smallest absolute Gasteiger partial charge is 0.272 e. The van der Waals surface area contributed by atoms with Crippen LogP contribution in [0.25, 0.3) is 21.9 Å². The molecule has 0 saturated heterocycles. The summed E-state index contributed by atoms with van der Waals surface area (Å²) in [7, 11) is 0. The van der Waals surface area contributed by atoms with E-state index in [4.69, 9.17) is 0 Å². The molecule has 0 spiro atoms. The van der Waals surface area contributed by atoms with Gasteiger partial charge in [-0.05, 0) is 75.1 Å². The van der Waals surface area contributed by atoms with E-state index in [1.54, 1.807) is 6.92 Å². The van der Waals surface area contributed by atoms with Gasteiger partial charge in [0.2, 0.25) is 5.91 Å². The number of fused-ring (bicyclic) bond motifs is 2. The Labute approximate surface area is 175 Å². The molecule has 0 radical (unpaired) electrons. The van der Waals surface area contributed by atoms with Crippen LogP contribution in [0.3, 0.4) is 0 Å². The third-order valence-corrected chi connectivity index (χ3v) is 5.67. The minimum absolute atomic E-state index is 0.0197. The van der Waals surface area contributed by atoms with Gasteiger partial charge in [0.1, 0.15) is 12.2 Å². The van der Waals surface area contributed by atoms with Crippen molar-refractivity contribution in [2.24, 2.45) is 0 Å². The number of aryl methyl sites for hydroxylation is 4. The molecule has 154 valence electrons. The molecule has 4 aromatic rings. The van der Waals surface area contributed by atoms with Crippen molar-refractivity contribution in [1.29, 1.82) is 0 Å². The van der Waals surface area contributed by atoms with Crippen molar-refractivity contribution in [3.05, 3.63) is 74.8 Å². The van der Waals surface area contributed by atoms with Crippen LogP contribution in [0.4, 0.5) is 0 Å². The van der Waals surface area contributed by atoms with Gasteiger partial charge in [0.15, 0.2) is 0 Å². The predicted molar refractivity (Wildman–Crippen MR) is 120 cm³/mol. The second-order valence-electron chi connectivity index (χ2n) is 7.98. The lowest BCUT2D eigenvalue weighted by Crippen LogP contribution is -2.34. The number of hydrogen-bond acceptors (Lipinski definition) is 3. The van der Waals surface area contributed by atoms with Crippen molar-refractivity contribution < 1.29 is 4.79 Å². The van der Waals surface area contributed by atoms with Crippen LogP contribution in [0.15, 0.2) is 41.3 Å². The van der Waals surface area contributed by atoms with Crippen molar-refractivity contribution in [3.63, 3.8) is 0 Å². The zero-order valence-electron chi connectivity index (χ0n) is 17.8. The molecule has 2 heterocycles. The van der Waals surface area contributed by atoms with Crippen LogP contribution in [0.5, 0.6) is 0 Å². The second kappa shape index (κ2) is 7.78. The van der Waals surface area contributed by atoms with Crippen LogP contribution in [-0.4, -0.2) is 27.0 Å². The van der Waals surface area contributed by atoms with Crippen molar-refractivity contribution in [2.45, 2.75) is 40.7 Å². The van der Waals surface area contributed by atoms with Gasteiger partial charge in [-0.25, -0.2) is 4.98 Å². The molecule has 6 nitrogen and oxygen atoms in total. The maximum atomic E-state index is 12.7. The first-order valence-electron chi connectivity index (χ1n) is 10.1. The average Bonchev–Trinajstić information content (AvgIpc) is 3.09. The minimum atomic E-state index is -0.229. The predicted octanol–water partition coefficient (Wildman–Crippen LogP) is 3.47. The molecule has 0 saturated carbocycles. The molecule has 0 fully saturated rings. The summed E-state index contributed by atoms with van der Waals surface area (Å²) in [5.41, 5.74) is 7.24. The summed E-state index contributed by atoms with van der Waals surface area (Å²) >= 11 is 0. The van der Waals surface area contributed by atoms with Crippen LogP contribution < -0.4 is 10.9 Å². The number of hydrogen-bond donors (Lipinski definition) is 2. The number of aromatic amines is 1. The topological polar surface area (TPSA) is 79.8 Å². The highest BCUT2D eigenvalue weighted by atomic mass is 16.2. The average molecular weight is 402 g/mol. The highest BCUT2D eigenvalue weighted by Gasteiger charge is 2.13. The van der Waals surface area contributed by atoms with Crippen LogP contribution in [0.1, 0.15) is 27.9 Å². The first-order valence-corrected chi connectivity index (χ1v) is 10.1. The molecule has 6 heteroatoms. The van der Waals surface area contributed by atoms with Crippen LogP contribution in [0, 0.1) is 27.7 Å². The number of H-pyrrole nitrogens is 1. The number of nitrogens with zero attached hydrogens (tertiary/aromatic N) is 2. The molecular weight excluding hydrogens is 376 g/mol. The summed E-state index contributed by atoms with van der Waals surface area (Å²) in [6.07, 6.45) is 2.71. The Balaban J connectivity index is 1.51. The molecule has 1 amide bonds. The highest BCUT2D eigenvalue weighted by molar-refractivity contribution is 5.84. The van der Waals surface area contributed by atoms with E-state index in [-0.39, 0.29) is 18.0 Å². The molecule has 2 aromatic heterocycles. The normalized spacial score (nSPS) is 11.3. The van der Waals surface area contributed by atoms with Crippen LogP contribution >= 0.6 is 0 Å². The summed E-state index contributed by atoms with van der Waals surface area (Å²) < 4.78 is 1.52. The third-order valence-electron chi connectivity index (χ3n) is 5.67. The Morgan fingerprint density at radius 3 is 2.67 bits per heavy atom. The maximum absolute atomic E-state index is 12.7. The van der Waals surface area contributed by atoms with Gasteiger partial charge < -0.3 is 10.3 Å². The largest absolute Gasteiger partial charge is 0.361 e. The summed E-state index contributed by atoms with van der Waals surface area (Å²) in [4.78, 5) is 33.0. The maximum Gasteiger partial charge on any atom is 0.272 e. The lowest BCUT2D eigenvalue weighted by molar-refractivity contribution is -0.121. The standard InChI is InChI=1S/C24H26N4O2/c1-14-5-6-20-19(9-14)18(12-26-20)7-8-25-23(29)13-28-22-11-16(3)15(2)10-21(22)27-17(4)24(28)30/h5-6,9-12,26H,7-8,13H2,1-4H3,(H,25,29). The van der Waals surface area contributed by atoms with E-state index in [1.165, 1.54) is 21.1 Å². The van der Waals surface area contributed by atoms with E-state index in [1.807, 2.05) is 32.2 Å². The van der Waals surface area contributed by atoms with Gasteiger partial charge in [-0.15, -0.1) is 0 Å². The van der Waals surface area contributed by atoms with E-state index in [2.05, 4.69) is 40.4 Å². The zero-order valence-corrected chi connectivity index (χ0v) is 17.8. The molecule has 0 aliphatic carbocycles. The first-order chi connectivity index (χ1) is 14.3. The molecule has 0 atom stereocenters. The SMILES string of the molecule is Cc1ccc2[nH]cc(CCNC(=O)Cn3c(=O)c(C)nc4cc(C)c(C)cc43)c2c1. The summed E-state index contributed by atoms with van der Waals surface area (Å²) in [5, 5.41) is 4.14. The van der Waals surface area contributed by atoms with E-state index in [9.17, 15) is 9.59 Å². The van der Waals surface area contributed by atoms with E-state index in [0.717, 1.165) is 28.6 Å². The van der Waals surface area contributed by atoms with Gasteiger partial charge in [-0.1, -0.05) is 11.6 Å². The fraction of sp³-hybridized carbons (Fsp3) is 0.292. The molecule has 4 rings (SSSR count). The Bertz CT molecular complexity index is 1330.